The van der Waals surface area contributed by atoms with Crippen LogP contribution in [0.5, 0.6) is 0 Å². The quantitative estimate of drug-likeness (QED) is 0.437. The van der Waals surface area contributed by atoms with Gasteiger partial charge in [-0.3, -0.25) is 14.4 Å². The van der Waals surface area contributed by atoms with Gasteiger partial charge in [0.15, 0.2) is 0 Å². The van der Waals surface area contributed by atoms with Gasteiger partial charge in [-0.15, -0.1) is 0 Å². The number of carboxylic acid groups (broad SMARTS) is 3. The third-order valence-electron chi connectivity index (χ3n) is 1.58. The van der Waals surface area contributed by atoms with Crippen LogP contribution in [0, 0.1) is 0 Å². The molecule has 1 unspecified atom stereocenters. The van der Waals surface area contributed by atoms with Gasteiger partial charge in [0.05, 0.1) is 12.8 Å². The molecule has 0 saturated heterocycles. The smallest absolute Gasteiger partial charge is 0.326 e. The average Bonchev–Trinajstić information content (AvgIpc) is 2.12. The van der Waals surface area contributed by atoms with E-state index in [-0.39, 0.29) is 0 Å². The van der Waals surface area contributed by atoms with Gasteiger partial charge in [-0.2, -0.15) is 0 Å². The number of carbonyl (C=O) groups is 4. The van der Waals surface area contributed by atoms with Crippen molar-refractivity contribution in [3.8, 4) is 0 Å². The van der Waals surface area contributed by atoms with Gasteiger partial charge >= 0.3 is 17.9 Å². The first-order valence-electron chi connectivity index (χ1n) is 4.28. The molecule has 0 aliphatic heterocycles. The Morgan fingerprint density at radius 3 is 1.88 bits per heavy atom. The largest absolute Gasteiger partial charge is 0.481 e. The van der Waals surface area contributed by atoms with Crippen LogP contribution < -0.4 is 5.32 Å². The molecule has 4 N–H and O–H groups in total. The summed E-state index contributed by atoms with van der Waals surface area (Å²) < 4.78 is 0. The van der Waals surface area contributed by atoms with Crippen LogP contribution in [0.4, 0.5) is 0 Å². The Labute approximate surface area is 89.9 Å². The number of nitrogens with one attached hydrogen (secondary N) is 1. The topological polar surface area (TPSA) is 141 Å². The van der Waals surface area contributed by atoms with Crippen LogP contribution in [-0.4, -0.2) is 45.2 Å². The second-order valence-electron chi connectivity index (χ2n) is 2.95. The molecule has 0 bridgehead atoms. The molecular formula is C8H11NO7. The van der Waals surface area contributed by atoms with Gasteiger partial charge in [-0.1, -0.05) is 0 Å². The first-order valence-corrected chi connectivity index (χ1v) is 4.28. The number of carboxylic acids is 3. The van der Waals surface area contributed by atoms with Gasteiger partial charge in [-0.05, 0) is 0 Å². The average molecular weight is 233 g/mol. The SMILES string of the molecule is O=C(O)CCC(=O)NC(CC(=O)O)C(=O)O. The van der Waals surface area contributed by atoms with Crippen LogP contribution in [0.25, 0.3) is 0 Å². The van der Waals surface area contributed by atoms with Crippen LogP contribution >= 0.6 is 0 Å². The summed E-state index contributed by atoms with van der Waals surface area (Å²) in [5.74, 6) is -4.85. The lowest BCUT2D eigenvalue weighted by molar-refractivity contribution is -0.147. The van der Waals surface area contributed by atoms with Crippen molar-refractivity contribution in [2.45, 2.75) is 25.3 Å². The van der Waals surface area contributed by atoms with E-state index in [0.717, 1.165) is 0 Å². The fraction of sp³-hybridized carbons (Fsp3) is 0.500. The van der Waals surface area contributed by atoms with Gasteiger partial charge in [-0.25, -0.2) is 4.79 Å². The summed E-state index contributed by atoms with van der Waals surface area (Å²) in [4.78, 5) is 41.9. The first-order chi connectivity index (χ1) is 7.32. The van der Waals surface area contributed by atoms with E-state index < -0.39 is 49.1 Å². The molecule has 0 aliphatic rings. The molecule has 0 spiro atoms. The summed E-state index contributed by atoms with van der Waals surface area (Å²) in [5.41, 5.74) is 0. The Hall–Kier alpha value is -2.12. The Kier molecular flexibility index (Phi) is 5.53. The Balaban J connectivity index is 4.18. The van der Waals surface area contributed by atoms with Crippen molar-refractivity contribution in [2.75, 3.05) is 0 Å². The summed E-state index contributed by atoms with van der Waals surface area (Å²) >= 11 is 0. The van der Waals surface area contributed by atoms with E-state index in [4.69, 9.17) is 15.3 Å². The van der Waals surface area contributed by atoms with Crippen LogP contribution in [0.1, 0.15) is 19.3 Å². The lowest BCUT2D eigenvalue weighted by Gasteiger charge is -2.11. The van der Waals surface area contributed by atoms with Crippen LogP contribution in [0.15, 0.2) is 0 Å². The fourth-order valence-corrected chi connectivity index (χ4v) is 0.862. The highest BCUT2D eigenvalue weighted by Gasteiger charge is 2.22. The highest BCUT2D eigenvalue weighted by molar-refractivity contribution is 5.87. The lowest BCUT2D eigenvalue weighted by atomic mass is 10.2. The molecule has 0 saturated carbocycles. The minimum atomic E-state index is -1.54. The number of aliphatic carboxylic acids is 3. The molecule has 8 nitrogen and oxygen atoms in total. The van der Waals surface area contributed by atoms with Crippen molar-refractivity contribution in [3.05, 3.63) is 0 Å². The third kappa shape index (κ3) is 6.35. The minimum Gasteiger partial charge on any atom is -0.481 e. The van der Waals surface area contributed by atoms with Crippen molar-refractivity contribution >= 4 is 23.8 Å². The molecule has 0 heterocycles. The Morgan fingerprint density at radius 1 is 0.938 bits per heavy atom. The molecule has 90 valence electrons. The second kappa shape index (κ2) is 6.38. The number of rotatable bonds is 7. The summed E-state index contributed by atoms with van der Waals surface area (Å²) in [6, 6.07) is -1.54. The van der Waals surface area contributed by atoms with Crippen LogP contribution in [0.3, 0.4) is 0 Å². The predicted octanol–water partition coefficient (Wildman–Crippen LogP) is -1.10. The van der Waals surface area contributed by atoms with E-state index in [1.807, 2.05) is 5.32 Å². The van der Waals surface area contributed by atoms with Gasteiger partial charge in [0.2, 0.25) is 5.91 Å². The maximum absolute atomic E-state index is 11.0. The van der Waals surface area contributed by atoms with Crippen molar-refractivity contribution in [3.63, 3.8) is 0 Å². The number of hydrogen-bond donors (Lipinski definition) is 4. The number of hydrogen-bond acceptors (Lipinski definition) is 4. The van der Waals surface area contributed by atoms with E-state index in [1.165, 1.54) is 0 Å². The van der Waals surface area contributed by atoms with Gasteiger partial charge < -0.3 is 20.6 Å². The zero-order valence-electron chi connectivity index (χ0n) is 8.17. The molecule has 1 amide bonds. The molecular weight excluding hydrogens is 222 g/mol. The zero-order chi connectivity index (χ0) is 12.7. The van der Waals surface area contributed by atoms with E-state index in [2.05, 4.69) is 0 Å². The van der Waals surface area contributed by atoms with Crippen molar-refractivity contribution in [1.29, 1.82) is 0 Å². The number of carbonyl (C=O) groups excluding carboxylic acids is 1. The maximum atomic E-state index is 11.0. The molecule has 0 aliphatic carbocycles. The molecule has 0 rings (SSSR count). The summed E-state index contributed by atoms with van der Waals surface area (Å²) in [6.45, 7) is 0. The van der Waals surface area contributed by atoms with E-state index in [1.54, 1.807) is 0 Å². The molecule has 0 aromatic rings. The van der Waals surface area contributed by atoms with E-state index >= 15 is 0 Å². The van der Waals surface area contributed by atoms with Crippen molar-refractivity contribution in [1.82, 2.24) is 5.32 Å². The monoisotopic (exact) mass is 233 g/mol. The second-order valence-corrected chi connectivity index (χ2v) is 2.95. The normalized spacial score (nSPS) is 11.5. The van der Waals surface area contributed by atoms with Gasteiger partial charge in [0, 0.05) is 6.42 Å². The summed E-state index contributed by atoms with van der Waals surface area (Å²) in [5, 5.41) is 27.1. The highest BCUT2D eigenvalue weighted by Crippen LogP contribution is 1.96. The third-order valence-corrected chi connectivity index (χ3v) is 1.58. The van der Waals surface area contributed by atoms with Gasteiger partial charge in [0.1, 0.15) is 6.04 Å². The molecule has 0 aromatic carbocycles. The lowest BCUT2D eigenvalue weighted by Crippen LogP contribution is -2.42. The minimum absolute atomic E-state index is 0.390. The molecule has 0 fully saturated rings. The van der Waals surface area contributed by atoms with Crippen molar-refractivity contribution < 1.29 is 34.5 Å². The molecule has 1 atom stereocenters. The first kappa shape index (κ1) is 13.9. The fourth-order valence-electron chi connectivity index (χ4n) is 0.862. The standard InChI is InChI=1S/C8H11NO7/c10-5(1-2-6(11)12)9-4(8(15)16)3-7(13)14/h4H,1-3H2,(H,9,10)(H,11,12)(H,13,14)(H,15,16). The van der Waals surface area contributed by atoms with E-state index in [0.29, 0.717) is 0 Å². The number of amides is 1. The Bertz CT molecular complexity index is 312. The molecule has 8 heteroatoms. The van der Waals surface area contributed by atoms with Gasteiger partial charge in [0.25, 0.3) is 0 Å². The predicted molar refractivity (Wildman–Crippen MR) is 48.7 cm³/mol. The van der Waals surface area contributed by atoms with E-state index in [9.17, 15) is 19.2 Å². The summed E-state index contributed by atoms with van der Waals surface area (Å²) in [6.07, 6.45) is -1.59. The molecule has 0 radical (unpaired) electrons. The zero-order valence-corrected chi connectivity index (χ0v) is 8.17. The van der Waals surface area contributed by atoms with Crippen LogP contribution in [0.2, 0.25) is 0 Å². The maximum Gasteiger partial charge on any atom is 0.326 e. The summed E-state index contributed by atoms with van der Waals surface area (Å²) in [7, 11) is 0. The highest BCUT2D eigenvalue weighted by atomic mass is 16.4. The van der Waals surface area contributed by atoms with Crippen molar-refractivity contribution in [2.24, 2.45) is 0 Å². The van der Waals surface area contributed by atoms with Crippen LogP contribution in [-0.2, 0) is 19.2 Å². The molecule has 0 aromatic heterocycles. The Morgan fingerprint density at radius 2 is 1.50 bits per heavy atom. The molecule has 16 heavy (non-hydrogen) atoms.